The zero-order valence-electron chi connectivity index (χ0n) is 19.8. The highest BCUT2D eigenvalue weighted by Crippen LogP contribution is 2.22. The van der Waals surface area contributed by atoms with Crippen LogP contribution in [0, 0.1) is 0 Å². The zero-order chi connectivity index (χ0) is 26.3. The third-order valence-electron chi connectivity index (χ3n) is 5.37. The molecule has 4 aromatic carbocycles. The molecule has 9 heteroatoms. The lowest BCUT2D eigenvalue weighted by atomic mass is 10.2. The van der Waals surface area contributed by atoms with Crippen molar-refractivity contribution in [1.82, 2.24) is 5.43 Å². The van der Waals surface area contributed by atoms with Crippen molar-refractivity contribution in [3.8, 4) is 5.75 Å². The number of esters is 1. The molecular formula is C28H23N3O5S. The molecule has 0 aromatic heterocycles. The second kappa shape index (κ2) is 11.3. The van der Waals surface area contributed by atoms with Crippen molar-refractivity contribution < 1.29 is 22.7 Å². The summed E-state index contributed by atoms with van der Waals surface area (Å²) in [5.74, 6) is -0.525. The van der Waals surface area contributed by atoms with Crippen LogP contribution in [0.1, 0.15) is 26.3 Å². The van der Waals surface area contributed by atoms with E-state index in [0.717, 1.165) is 4.31 Å². The van der Waals surface area contributed by atoms with Crippen LogP contribution >= 0.6 is 0 Å². The van der Waals surface area contributed by atoms with Gasteiger partial charge in [0.25, 0.3) is 15.9 Å². The third-order valence-corrected chi connectivity index (χ3v) is 7.17. The molecule has 0 radical (unpaired) electrons. The van der Waals surface area contributed by atoms with Gasteiger partial charge in [-0.1, -0.05) is 36.4 Å². The second-order valence-corrected chi connectivity index (χ2v) is 9.83. The molecule has 0 saturated heterocycles. The van der Waals surface area contributed by atoms with Crippen LogP contribution in [0.3, 0.4) is 0 Å². The van der Waals surface area contributed by atoms with Gasteiger partial charge in [0.15, 0.2) is 0 Å². The number of amides is 1. The van der Waals surface area contributed by atoms with Gasteiger partial charge in [0.05, 0.1) is 22.4 Å². The van der Waals surface area contributed by atoms with Gasteiger partial charge in [0, 0.05) is 12.6 Å². The summed E-state index contributed by atoms with van der Waals surface area (Å²) in [5.41, 5.74) is 4.30. The Morgan fingerprint density at radius 3 is 2.00 bits per heavy atom. The molecule has 186 valence electrons. The average molecular weight is 514 g/mol. The molecule has 4 aromatic rings. The first kappa shape index (κ1) is 25.3. The third kappa shape index (κ3) is 6.28. The van der Waals surface area contributed by atoms with Gasteiger partial charge >= 0.3 is 5.97 Å². The van der Waals surface area contributed by atoms with E-state index in [1.807, 2.05) is 6.07 Å². The molecule has 8 nitrogen and oxygen atoms in total. The molecule has 0 saturated carbocycles. The minimum atomic E-state index is -3.71. The zero-order valence-corrected chi connectivity index (χ0v) is 20.6. The van der Waals surface area contributed by atoms with E-state index < -0.39 is 21.9 Å². The van der Waals surface area contributed by atoms with Crippen molar-refractivity contribution in [3.63, 3.8) is 0 Å². The molecule has 0 bridgehead atoms. The SMILES string of the molecule is CN(c1ccc(C(=O)N/N=C\c2ccc(OC(=O)c3ccccc3)cc2)cc1)S(=O)(=O)c1ccccc1. The van der Waals surface area contributed by atoms with Gasteiger partial charge in [-0.3, -0.25) is 9.10 Å². The number of hydrazone groups is 1. The van der Waals surface area contributed by atoms with Crippen molar-refractivity contribution in [2.24, 2.45) is 5.10 Å². The first-order valence-corrected chi connectivity index (χ1v) is 12.6. The van der Waals surface area contributed by atoms with E-state index in [9.17, 15) is 18.0 Å². The molecule has 0 atom stereocenters. The van der Waals surface area contributed by atoms with Crippen molar-refractivity contribution in [1.29, 1.82) is 0 Å². The van der Waals surface area contributed by atoms with Crippen molar-refractivity contribution in [2.75, 3.05) is 11.4 Å². The Kier molecular flexibility index (Phi) is 7.75. The first-order valence-electron chi connectivity index (χ1n) is 11.2. The van der Waals surface area contributed by atoms with E-state index in [4.69, 9.17) is 4.74 Å². The molecule has 0 unspecified atom stereocenters. The Morgan fingerprint density at radius 2 is 1.38 bits per heavy atom. The number of nitrogens with one attached hydrogen (secondary N) is 1. The summed E-state index contributed by atoms with van der Waals surface area (Å²) < 4.78 is 32.0. The smallest absolute Gasteiger partial charge is 0.343 e. The van der Waals surface area contributed by atoms with Gasteiger partial charge < -0.3 is 4.74 Å². The quantitative estimate of drug-likeness (QED) is 0.162. The Balaban J connectivity index is 1.33. The molecule has 0 aliphatic heterocycles. The van der Waals surface area contributed by atoms with Crippen LogP contribution in [0.25, 0.3) is 0 Å². The van der Waals surface area contributed by atoms with Gasteiger partial charge in [-0.05, 0) is 78.4 Å². The topological polar surface area (TPSA) is 105 Å². The molecular weight excluding hydrogens is 490 g/mol. The molecule has 4 rings (SSSR count). The van der Waals surface area contributed by atoms with Gasteiger partial charge in [-0.15, -0.1) is 0 Å². The second-order valence-electron chi connectivity index (χ2n) is 7.86. The predicted octanol–water partition coefficient (Wildman–Crippen LogP) is 4.49. The Bertz CT molecular complexity index is 1500. The maximum Gasteiger partial charge on any atom is 0.343 e. The fourth-order valence-corrected chi connectivity index (χ4v) is 4.52. The van der Waals surface area contributed by atoms with Crippen LogP contribution in [-0.4, -0.2) is 33.6 Å². The highest BCUT2D eigenvalue weighted by Gasteiger charge is 2.21. The number of carbonyl (C=O) groups is 2. The maximum absolute atomic E-state index is 12.8. The normalized spacial score (nSPS) is 11.2. The summed E-state index contributed by atoms with van der Waals surface area (Å²) >= 11 is 0. The Hall–Kier alpha value is -4.76. The number of rotatable bonds is 8. The number of nitrogens with zero attached hydrogens (tertiary/aromatic N) is 2. The van der Waals surface area contributed by atoms with Crippen LogP contribution in [-0.2, 0) is 10.0 Å². The molecule has 0 fully saturated rings. The van der Waals surface area contributed by atoms with Gasteiger partial charge in [0.1, 0.15) is 5.75 Å². The lowest BCUT2D eigenvalue weighted by Gasteiger charge is -2.19. The number of carbonyl (C=O) groups excluding carboxylic acids is 2. The maximum atomic E-state index is 12.8. The number of benzene rings is 4. The summed E-state index contributed by atoms with van der Waals surface area (Å²) in [7, 11) is -2.26. The van der Waals surface area contributed by atoms with Crippen molar-refractivity contribution in [2.45, 2.75) is 4.90 Å². The monoisotopic (exact) mass is 513 g/mol. The van der Waals surface area contributed by atoms with E-state index >= 15 is 0 Å². The van der Waals surface area contributed by atoms with Crippen LogP contribution in [0.2, 0.25) is 0 Å². The largest absolute Gasteiger partial charge is 0.423 e. The van der Waals surface area contributed by atoms with Gasteiger partial charge in [0.2, 0.25) is 0 Å². The average Bonchev–Trinajstić information content (AvgIpc) is 2.94. The molecule has 0 heterocycles. The minimum absolute atomic E-state index is 0.177. The highest BCUT2D eigenvalue weighted by atomic mass is 32.2. The van der Waals surface area contributed by atoms with E-state index in [-0.39, 0.29) is 4.90 Å². The van der Waals surface area contributed by atoms with E-state index in [1.165, 1.54) is 37.5 Å². The summed E-state index contributed by atoms with van der Waals surface area (Å²) in [4.78, 5) is 24.7. The number of sulfonamides is 1. The lowest BCUT2D eigenvalue weighted by Crippen LogP contribution is -2.26. The number of hydrogen-bond donors (Lipinski definition) is 1. The number of ether oxygens (including phenoxy) is 1. The standard InChI is InChI=1S/C28H23N3O5S/c1-31(37(34,35)26-10-6-3-7-11-26)24-16-14-22(15-17-24)27(32)30-29-20-21-12-18-25(19-13-21)36-28(33)23-8-4-2-5-9-23/h2-20H,1H3,(H,30,32)/b29-20-. The van der Waals surface area contributed by atoms with Gasteiger partial charge in [-0.25, -0.2) is 18.6 Å². The number of hydrogen-bond acceptors (Lipinski definition) is 6. The Labute approximate surface area is 214 Å². The predicted molar refractivity (Wildman–Crippen MR) is 141 cm³/mol. The fraction of sp³-hybridized carbons (Fsp3) is 0.0357. The summed E-state index contributed by atoms with van der Waals surface area (Å²) in [6.07, 6.45) is 1.45. The fourth-order valence-electron chi connectivity index (χ4n) is 3.30. The molecule has 0 aliphatic carbocycles. The number of anilines is 1. The van der Waals surface area contributed by atoms with E-state index in [2.05, 4.69) is 10.5 Å². The van der Waals surface area contributed by atoms with Crippen LogP contribution in [0.15, 0.2) is 119 Å². The van der Waals surface area contributed by atoms with Crippen molar-refractivity contribution >= 4 is 33.8 Å². The van der Waals surface area contributed by atoms with Crippen molar-refractivity contribution in [3.05, 3.63) is 126 Å². The highest BCUT2D eigenvalue weighted by molar-refractivity contribution is 7.92. The first-order chi connectivity index (χ1) is 17.8. The van der Waals surface area contributed by atoms with E-state index in [1.54, 1.807) is 78.9 Å². The molecule has 1 N–H and O–H groups in total. The Morgan fingerprint density at radius 1 is 0.784 bits per heavy atom. The lowest BCUT2D eigenvalue weighted by molar-refractivity contribution is 0.0734. The summed E-state index contributed by atoms with van der Waals surface area (Å²) in [6, 6.07) is 29.6. The van der Waals surface area contributed by atoms with Crippen LogP contribution in [0.5, 0.6) is 5.75 Å². The van der Waals surface area contributed by atoms with E-state index in [0.29, 0.717) is 28.1 Å². The van der Waals surface area contributed by atoms with Crippen LogP contribution in [0.4, 0.5) is 5.69 Å². The minimum Gasteiger partial charge on any atom is -0.423 e. The van der Waals surface area contributed by atoms with Crippen LogP contribution < -0.4 is 14.5 Å². The van der Waals surface area contributed by atoms with Gasteiger partial charge in [-0.2, -0.15) is 5.10 Å². The molecule has 0 spiro atoms. The summed E-state index contributed by atoms with van der Waals surface area (Å²) in [6.45, 7) is 0. The summed E-state index contributed by atoms with van der Waals surface area (Å²) in [5, 5.41) is 3.95. The molecule has 0 aliphatic rings. The molecule has 37 heavy (non-hydrogen) atoms. The molecule has 1 amide bonds.